The first-order valence-electron chi connectivity index (χ1n) is 15.8. The summed E-state index contributed by atoms with van der Waals surface area (Å²) in [5.41, 5.74) is 4.69. The summed E-state index contributed by atoms with van der Waals surface area (Å²) in [6.45, 7) is 8.83. The third-order valence-electron chi connectivity index (χ3n) is 7.80. The molecule has 5 rings (SSSR count). The van der Waals surface area contributed by atoms with Gasteiger partial charge in [-0.2, -0.15) is 32.5 Å². The fourth-order valence-electron chi connectivity index (χ4n) is 5.19. The average molecular weight is 746 g/mol. The topological polar surface area (TPSA) is 236 Å². The summed E-state index contributed by atoms with van der Waals surface area (Å²) < 4.78 is 70.5. The smallest absolute Gasteiger partial charge is 0.294 e. The monoisotopic (exact) mass is 745 g/mol. The molecule has 270 valence electrons. The first-order valence-corrected chi connectivity index (χ1v) is 18.7. The van der Waals surface area contributed by atoms with Crippen molar-refractivity contribution in [3.63, 3.8) is 0 Å². The summed E-state index contributed by atoms with van der Waals surface area (Å²) in [5, 5.41) is 30.5. The average Bonchev–Trinajstić information content (AvgIpc) is 3.64. The molecule has 0 radical (unpaired) electrons. The van der Waals surface area contributed by atoms with E-state index in [-0.39, 0.29) is 17.9 Å². The Kier molecular flexibility index (Phi) is 10.8. The predicted octanol–water partition coefficient (Wildman–Crippen LogP) is 5.21. The molecule has 0 fully saturated rings. The number of aliphatic imine (C=N–C) groups is 1. The third kappa shape index (κ3) is 8.79. The Bertz CT molecular complexity index is 2300. The number of aromatic nitrogens is 3. The van der Waals surface area contributed by atoms with E-state index >= 15 is 0 Å². The number of nitrogens with one attached hydrogen (secondary N) is 1. The lowest BCUT2D eigenvalue weighted by Gasteiger charge is -2.23. The maximum Gasteiger partial charge on any atom is 0.294 e. The Labute approximate surface area is 301 Å². The van der Waals surface area contributed by atoms with E-state index in [1.807, 2.05) is 50.8 Å². The summed E-state index contributed by atoms with van der Waals surface area (Å²) in [7, 11) is -9.56. The minimum Gasteiger partial charge on any atom is -0.473 e. The van der Waals surface area contributed by atoms with E-state index in [9.17, 15) is 25.9 Å². The number of benzene rings is 3. The van der Waals surface area contributed by atoms with Crippen molar-refractivity contribution >= 4 is 48.7 Å². The standard InChI is InChI=1S/C34H35N9O7S2/c1-22-17-25(42(15-5-13-35)16-6-14-36)11-12-29(22)38-30-31(34(2,3)4)40-43-33(30)39-32(41-43)23-7-9-24(10-8-23)37-21-50-26-18-27(51(44,45)46)20-28(19-26)52(47,48)49/h7-12,17-20,37H,5-6,15-16,21H2,1-4H3,(H,44,45,46)(H,47,48,49). The predicted molar refractivity (Wildman–Crippen MR) is 193 cm³/mol. The lowest BCUT2D eigenvalue weighted by molar-refractivity contribution is 0.344. The molecule has 3 aromatic carbocycles. The third-order valence-corrected chi connectivity index (χ3v) is 9.47. The minimum atomic E-state index is -4.78. The zero-order chi connectivity index (χ0) is 37.8. The zero-order valence-corrected chi connectivity index (χ0v) is 30.3. The summed E-state index contributed by atoms with van der Waals surface area (Å²) in [6.07, 6.45) is 0.677. The SMILES string of the molecule is Cc1cc(N(CCC#N)CCC#N)ccc1N=C1C(C(C)(C)C)=Nn2nc(-c3ccc(NCOc4cc(S(=O)(=O)O)cc(S(=O)(=O)O)c4)cc3)nc21. The van der Waals surface area contributed by atoms with Crippen molar-refractivity contribution < 1.29 is 30.7 Å². The Hall–Kier alpha value is -5.66. The number of anilines is 2. The van der Waals surface area contributed by atoms with Gasteiger partial charge in [-0.1, -0.05) is 20.8 Å². The second-order valence-electron chi connectivity index (χ2n) is 12.7. The van der Waals surface area contributed by atoms with Crippen molar-refractivity contribution in [2.75, 3.05) is 30.0 Å². The molecule has 4 aromatic rings. The molecule has 1 aliphatic rings. The number of nitriles is 2. The molecular weight excluding hydrogens is 711 g/mol. The second kappa shape index (κ2) is 14.9. The number of hydrogen-bond acceptors (Lipinski definition) is 13. The van der Waals surface area contributed by atoms with Crippen LogP contribution in [0.5, 0.6) is 5.75 Å². The fraction of sp³-hybridized carbons (Fsp3) is 0.294. The van der Waals surface area contributed by atoms with Gasteiger partial charge in [-0.05, 0) is 61.0 Å². The first kappa shape index (κ1) is 37.6. The van der Waals surface area contributed by atoms with Crippen molar-refractivity contribution in [2.45, 2.75) is 50.3 Å². The van der Waals surface area contributed by atoms with E-state index in [0.717, 1.165) is 23.4 Å². The molecule has 0 bridgehead atoms. The Morgan fingerprint density at radius 2 is 1.54 bits per heavy atom. The maximum atomic E-state index is 11.6. The molecule has 18 heteroatoms. The summed E-state index contributed by atoms with van der Waals surface area (Å²) in [4.78, 5) is 11.8. The number of nitrogens with zero attached hydrogens (tertiary/aromatic N) is 8. The van der Waals surface area contributed by atoms with E-state index in [2.05, 4.69) is 22.6 Å². The van der Waals surface area contributed by atoms with Gasteiger partial charge >= 0.3 is 0 Å². The quantitative estimate of drug-likeness (QED) is 0.118. The second-order valence-corrected chi connectivity index (χ2v) is 15.6. The van der Waals surface area contributed by atoms with Gasteiger partial charge in [0.25, 0.3) is 20.2 Å². The lowest BCUT2D eigenvalue weighted by atomic mass is 9.87. The minimum absolute atomic E-state index is 0.224. The first-order chi connectivity index (χ1) is 24.5. The van der Waals surface area contributed by atoms with E-state index in [4.69, 9.17) is 30.3 Å². The zero-order valence-electron chi connectivity index (χ0n) is 28.6. The van der Waals surface area contributed by atoms with Gasteiger partial charge < -0.3 is 15.0 Å². The van der Waals surface area contributed by atoms with Crippen LogP contribution >= 0.6 is 0 Å². The van der Waals surface area contributed by atoms with E-state index in [1.165, 1.54) is 4.79 Å². The van der Waals surface area contributed by atoms with Crippen LogP contribution in [0.15, 0.2) is 80.5 Å². The van der Waals surface area contributed by atoms with Crippen molar-refractivity contribution in [3.05, 3.63) is 72.1 Å². The molecule has 3 N–H and O–H groups in total. The summed E-state index contributed by atoms with van der Waals surface area (Å²) >= 11 is 0. The Morgan fingerprint density at radius 1 is 0.923 bits per heavy atom. The molecule has 1 aliphatic heterocycles. The van der Waals surface area contributed by atoms with Gasteiger partial charge in [-0.3, -0.25) is 9.11 Å². The Balaban J connectivity index is 1.35. The number of rotatable bonds is 13. The molecule has 52 heavy (non-hydrogen) atoms. The molecule has 0 amide bonds. The molecule has 0 saturated carbocycles. The highest BCUT2D eigenvalue weighted by Crippen LogP contribution is 2.31. The fourth-order valence-corrected chi connectivity index (χ4v) is 6.35. The molecule has 0 spiro atoms. The van der Waals surface area contributed by atoms with Crippen LogP contribution in [0.4, 0.5) is 17.1 Å². The highest BCUT2D eigenvalue weighted by Gasteiger charge is 2.35. The van der Waals surface area contributed by atoms with Gasteiger partial charge in [0, 0.05) is 47.6 Å². The number of aryl methyl sites for hydroxylation is 1. The van der Waals surface area contributed by atoms with Gasteiger partial charge in [0.05, 0.1) is 46.2 Å². The number of fused-ring (bicyclic) bond motifs is 1. The van der Waals surface area contributed by atoms with Crippen LogP contribution in [0.3, 0.4) is 0 Å². The molecule has 0 saturated heterocycles. The van der Waals surface area contributed by atoms with E-state index in [0.29, 0.717) is 72.0 Å². The number of ether oxygens (including phenoxy) is 1. The Morgan fingerprint density at radius 3 is 2.08 bits per heavy atom. The van der Waals surface area contributed by atoms with Crippen LogP contribution < -0.4 is 15.0 Å². The van der Waals surface area contributed by atoms with Crippen LogP contribution in [-0.2, 0) is 20.2 Å². The molecule has 0 aliphatic carbocycles. The van der Waals surface area contributed by atoms with Crippen molar-refractivity contribution in [2.24, 2.45) is 15.5 Å². The van der Waals surface area contributed by atoms with E-state index < -0.39 is 30.0 Å². The van der Waals surface area contributed by atoms with Crippen molar-refractivity contribution in [1.29, 1.82) is 10.5 Å². The van der Waals surface area contributed by atoms with Crippen LogP contribution in [-0.4, -0.2) is 72.1 Å². The van der Waals surface area contributed by atoms with Gasteiger partial charge in [0.2, 0.25) is 5.82 Å². The molecule has 1 aromatic heterocycles. The highest BCUT2D eigenvalue weighted by molar-refractivity contribution is 7.86. The van der Waals surface area contributed by atoms with Crippen LogP contribution in [0.1, 0.15) is 45.0 Å². The maximum absolute atomic E-state index is 11.6. The molecule has 2 heterocycles. The van der Waals surface area contributed by atoms with Crippen molar-refractivity contribution in [3.8, 4) is 29.3 Å². The van der Waals surface area contributed by atoms with Crippen LogP contribution in [0, 0.1) is 35.0 Å². The molecule has 0 unspecified atom stereocenters. The normalized spacial score (nSPS) is 13.6. The summed E-state index contributed by atoms with van der Waals surface area (Å²) in [6, 6.07) is 19.6. The summed E-state index contributed by atoms with van der Waals surface area (Å²) in [5.74, 6) is 0.648. The molecular formula is C34H35N9O7S2. The van der Waals surface area contributed by atoms with Crippen molar-refractivity contribution in [1.82, 2.24) is 14.9 Å². The van der Waals surface area contributed by atoms with E-state index in [1.54, 1.807) is 24.3 Å². The highest BCUT2D eigenvalue weighted by atomic mass is 32.2. The largest absolute Gasteiger partial charge is 0.473 e. The van der Waals surface area contributed by atoms with Gasteiger partial charge in [0.1, 0.15) is 11.5 Å². The van der Waals surface area contributed by atoms with Crippen LogP contribution in [0.2, 0.25) is 0 Å². The lowest BCUT2D eigenvalue weighted by Crippen LogP contribution is -2.27. The van der Waals surface area contributed by atoms with Crippen LogP contribution in [0.25, 0.3) is 11.4 Å². The van der Waals surface area contributed by atoms with Gasteiger partial charge in [-0.25, -0.2) is 9.98 Å². The molecule has 0 atom stereocenters. The van der Waals surface area contributed by atoms with Gasteiger partial charge in [0.15, 0.2) is 12.6 Å². The molecule has 16 nitrogen and oxygen atoms in total. The number of hydrogen-bond donors (Lipinski definition) is 3. The van der Waals surface area contributed by atoms with Gasteiger partial charge in [-0.15, -0.1) is 9.89 Å².